The summed E-state index contributed by atoms with van der Waals surface area (Å²) in [5.41, 5.74) is 4.13. The number of carbonyl (C=O) groups excluding carboxylic acids is 1. The summed E-state index contributed by atoms with van der Waals surface area (Å²) in [4.78, 5) is 15.2. The molecule has 2 heterocycles. The lowest BCUT2D eigenvalue weighted by Crippen LogP contribution is -2.29. The standard InChI is InChI=1S/C23H18BrClN2O3S/c24-18-2-8-21-16(14-18)9-11-26(21)23(28)17-1-7-22-15(13-17)10-12-27(22)31(29,30)20-5-3-19(25)4-6-20/h1-8,13-14H,9-12H2. The van der Waals surface area contributed by atoms with Crippen molar-refractivity contribution in [1.82, 2.24) is 0 Å². The molecule has 0 radical (unpaired) electrons. The highest BCUT2D eigenvalue weighted by Crippen LogP contribution is 2.36. The van der Waals surface area contributed by atoms with Crippen LogP contribution in [0.3, 0.4) is 0 Å². The first-order chi connectivity index (χ1) is 14.8. The number of anilines is 2. The number of nitrogens with zero attached hydrogens (tertiary/aromatic N) is 2. The van der Waals surface area contributed by atoms with Gasteiger partial charge in [-0.1, -0.05) is 27.5 Å². The van der Waals surface area contributed by atoms with E-state index in [9.17, 15) is 13.2 Å². The van der Waals surface area contributed by atoms with Crippen LogP contribution < -0.4 is 9.21 Å². The van der Waals surface area contributed by atoms with Crippen LogP contribution in [-0.4, -0.2) is 27.4 Å². The monoisotopic (exact) mass is 516 g/mol. The zero-order valence-electron chi connectivity index (χ0n) is 16.4. The molecule has 0 spiro atoms. The van der Waals surface area contributed by atoms with Crippen molar-refractivity contribution in [3.05, 3.63) is 86.8 Å². The van der Waals surface area contributed by atoms with Crippen LogP contribution in [0.25, 0.3) is 0 Å². The minimum absolute atomic E-state index is 0.0668. The van der Waals surface area contributed by atoms with Crippen LogP contribution in [0.4, 0.5) is 11.4 Å². The van der Waals surface area contributed by atoms with Gasteiger partial charge in [-0.05, 0) is 84.6 Å². The van der Waals surface area contributed by atoms with Crippen molar-refractivity contribution in [1.29, 1.82) is 0 Å². The predicted molar refractivity (Wildman–Crippen MR) is 126 cm³/mol. The zero-order valence-corrected chi connectivity index (χ0v) is 19.5. The largest absolute Gasteiger partial charge is 0.308 e. The minimum atomic E-state index is -3.69. The Balaban J connectivity index is 1.44. The van der Waals surface area contributed by atoms with Crippen molar-refractivity contribution in [2.45, 2.75) is 17.7 Å². The molecule has 2 aliphatic rings. The summed E-state index contributed by atoms with van der Waals surface area (Å²) in [5.74, 6) is -0.0668. The molecule has 0 saturated carbocycles. The Morgan fingerprint density at radius 1 is 0.871 bits per heavy atom. The molecule has 0 bridgehead atoms. The highest BCUT2D eigenvalue weighted by molar-refractivity contribution is 9.10. The molecule has 2 aliphatic heterocycles. The van der Waals surface area contributed by atoms with Crippen LogP contribution in [0.15, 0.2) is 70.0 Å². The lowest BCUT2D eigenvalue weighted by molar-refractivity contribution is 0.0989. The summed E-state index contributed by atoms with van der Waals surface area (Å²) < 4.78 is 28.6. The van der Waals surface area contributed by atoms with E-state index in [1.165, 1.54) is 16.4 Å². The van der Waals surface area contributed by atoms with E-state index in [0.29, 0.717) is 35.8 Å². The molecule has 3 aromatic carbocycles. The maximum atomic E-state index is 13.2. The summed E-state index contributed by atoms with van der Waals surface area (Å²) in [6.07, 6.45) is 1.38. The number of fused-ring (bicyclic) bond motifs is 2. The van der Waals surface area contributed by atoms with Gasteiger partial charge in [-0.3, -0.25) is 9.10 Å². The third-order valence-corrected chi connectivity index (χ3v) is 8.34. The van der Waals surface area contributed by atoms with Crippen molar-refractivity contribution in [2.24, 2.45) is 0 Å². The molecule has 0 fully saturated rings. The maximum absolute atomic E-state index is 13.2. The van der Waals surface area contributed by atoms with Gasteiger partial charge < -0.3 is 4.90 Å². The summed E-state index contributed by atoms with van der Waals surface area (Å²) in [5, 5.41) is 0.486. The molecular formula is C23H18BrClN2O3S. The van der Waals surface area contributed by atoms with Crippen molar-refractivity contribution in [3.8, 4) is 0 Å². The molecule has 3 aromatic rings. The van der Waals surface area contributed by atoms with Gasteiger partial charge in [0.1, 0.15) is 0 Å². The number of rotatable bonds is 3. The number of hydrogen-bond acceptors (Lipinski definition) is 3. The Labute approximate surface area is 194 Å². The fourth-order valence-electron chi connectivity index (χ4n) is 4.23. The van der Waals surface area contributed by atoms with Gasteiger partial charge >= 0.3 is 0 Å². The fourth-order valence-corrected chi connectivity index (χ4v) is 6.26. The average Bonchev–Trinajstić information content (AvgIpc) is 3.37. The van der Waals surface area contributed by atoms with Gasteiger partial charge in [0.25, 0.3) is 15.9 Å². The molecule has 1 amide bonds. The van der Waals surface area contributed by atoms with Crippen molar-refractivity contribution in [3.63, 3.8) is 0 Å². The molecule has 0 unspecified atom stereocenters. The third-order valence-electron chi connectivity index (χ3n) is 5.76. The Morgan fingerprint density at radius 2 is 1.55 bits per heavy atom. The second kappa shape index (κ2) is 7.65. The van der Waals surface area contributed by atoms with E-state index in [0.717, 1.165) is 27.7 Å². The third kappa shape index (κ3) is 3.54. The number of hydrogen-bond donors (Lipinski definition) is 0. The van der Waals surface area contributed by atoms with E-state index >= 15 is 0 Å². The molecule has 0 atom stereocenters. The fraction of sp³-hybridized carbons (Fsp3) is 0.174. The molecule has 0 saturated heterocycles. The minimum Gasteiger partial charge on any atom is -0.308 e. The highest BCUT2D eigenvalue weighted by Gasteiger charge is 2.32. The van der Waals surface area contributed by atoms with E-state index in [4.69, 9.17) is 11.6 Å². The normalized spacial score (nSPS) is 15.2. The first-order valence-electron chi connectivity index (χ1n) is 9.86. The van der Waals surface area contributed by atoms with E-state index < -0.39 is 10.0 Å². The molecule has 31 heavy (non-hydrogen) atoms. The van der Waals surface area contributed by atoms with Crippen molar-refractivity contribution >= 4 is 54.8 Å². The van der Waals surface area contributed by atoms with Gasteiger partial charge in [-0.2, -0.15) is 0 Å². The summed E-state index contributed by atoms with van der Waals surface area (Å²) >= 11 is 9.37. The van der Waals surface area contributed by atoms with Crippen LogP contribution in [-0.2, 0) is 22.9 Å². The number of amides is 1. The lowest BCUT2D eigenvalue weighted by Gasteiger charge is -2.21. The predicted octanol–water partition coefficient (Wildman–Crippen LogP) is 5.06. The Bertz CT molecular complexity index is 1310. The Hall–Kier alpha value is -2.35. The number of sulfonamides is 1. The van der Waals surface area contributed by atoms with Crippen LogP contribution in [0.5, 0.6) is 0 Å². The Morgan fingerprint density at radius 3 is 2.32 bits per heavy atom. The van der Waals surface area contributed by atoms with E-state index in [2.05, 4.69) is 15.9 Å². The number of carbonyl (C=O) groups is 1. The molecular weight excluding hydrogens is 500 g/mol. The summed E-state index contributed by atoms with van der Waals surface area (Å²) in [6, 6.07) is 17.4. The first-order valence-corrected chi connectivity index (χ1v) is 12.5. The van der Waals surface area contributed by atoms with Crippen LogP contribution in [0, 0.1) is 0 Å². The van der Waals surface area contributed by atoms with Crippen LogP contribution in [0.2, 0.25) is 5.02 Å². The quantitative estimate of drug-likeness (QED) is 0.488. The number of benzene rings is 3. The van der Waals surface area contributed by atoms with E-state index in [1.807, 2.05) is 24.3 Å². The van der Waals surface area contributed by atoms with Gasteiger partial charge in [0.05, 0.1) is 10.6 Å². The van der Waals surface area contributed by atoms with Crippen LogP contribution >= 0.6 is 27.5 Å². The summed E-state index contributed by atoms with van der Waals surface area (Å²) in [7, 11) is -3.69. The van der Waals surface area contributed by atoms with Gasteiger partial charge in [-0.15, -0.1) is 0 Å². The van der Waals surface area contributed by atoms with E-state index in [1.54, 1.807) is 29.2 Å². The molecule has 0 aromatic heterocycles. The molecule has 8 heteroatoms. The van der Waals surface area contributed by atoms with Gasteiger partial charge in [-0.25, -0.2) is 8.42 Å². The molecule has 0 N–H and O–H groups in total. The molecule has 158 valence electrons. The summed E-state index contributed by atoms with van der Waals surface area (Å²) in [6.45, 7) is 0.983. The second-order valence-electron chi connectivity index (χ2n) is 7.60. The van der Waals surface area contributed by atoms with Gasteiger partial charge in [0.2, 0.25) is 0 Å². The number of halogens is 2. The smallest absolute Gasteiger partial charge is 0.264 e. The van der Waals surface area contributed by atoms with Crippen LogP contribution in [0.1, 0.15) is 21.5 Å². The van der Waals surface area contributed by atoms with Gasteiger partial charge in [0.15, 0.2) is 0 Å². The Kier molecular flexibility index (Phi) is 5.07. The van der Waals surface area contributed by atoms with Crippen molar-refractivity contribution < 1.29 is 13.2 Å². The SMILES string of the molecule is O=C(c1ccc2c(c1)CCN2S(=O)(=O)c1ccc(Cl)cc1)N1CCc2cc(Br)ccc21. The average molecular weight is 518 g/mol. The molecule has 0 aliphatic carbocycles. The van der Waals surface area contributed by atoms with Gasteiger partial charge in [0, 0.05) is 33.8 Å². The molecule has 5 nitrogen and oxygen atoms in total. The highest BCUT2D eigenvalue weighted by atomic mass is 79.9. The topological polar surface area (TPSA) is 57.7 Å². The first kappa shape index (κ1) is 20.5. The van der Waals surface area contributed by atoms with Crippen molar-refractivity contribution in [2.75, 3.05) is 22.3 Å². The second-order valence-corrected chi connectivity index (χ2v) is 10.8. The van der Waals surface area contributed by atoms with E-state index in [-0.39, 0.29) is 10.8 Å². The zero-order chi connectivity index (χ0) is 21.8. The molecule has 5 rings (SSSR count). The lowest BCUT2D eigenvalue weighted by atomic mass is 10.1. The maximum Gasteiger partial charge on any atom is 0.264 e.